The lowest BCUT2D eigenvalue weighted by Crippen LogP contribution is -2.45. The molecule has 0 aliphatic heterocycles. The topological polar surface area (TPSA) is 79.0 Å². The Morgan fingerprint density at radius 1 is 0.885 bits per heavy atom. The highest BCUT2D eigenvalue weighted by Gasteiger charge is 2.42. The zero-order chi connectivity index (χ0) is 19.2. The van der Waals surface area contributed by atoms with E-state index in [9.17, 15) is 9.59 Å². The molecule has 7 nitrogen and oxygen atoms in total. The first-order chi connectivity index (χ1) is 12.2. The van der Waals surface area contributed by atoms with Crippen LogP contribution in [0, 0.1) is 27.7 Å². The van der Waals surface area contributed by atoms with Crippen molar-refractivity contribution in [3.63, 3.8) is 0 Å². The largest absolute Gasteiger partial charge is 0.496 e. The summed E-state index contributed by atoms with van der Waals surface area (Å²) in [6, 6.07) is 3.91. The summed E-state index contributed by atoms with van der Waals surface area (Å²) < 4.78 is 9.06. The average molecular weight is 354 g/mol. The van der Waals surface area contributed by atoms with Crippen LogP contribution >= 0.6 is 0 Å². The predicted molar refractivity (Wildman–Crippen MR) is 95.6 cm³/mol. The number of ketones is 2. The first kappa shape index (κ1) is 17.8. The van der Waals surface area contributed by atoms with Crippen molar-refractivity contribution >= 4 is 11.6 Å². The van der Waals surface area contributed by atoms with Gasteiger partial charge in [0, 0.05) is 29.1 Å². The molecule has 7 heteroatoms. The van der Waals surface area contributed by atoms with Gasteiger partial charge in [-0.3, -0.25) is 9.59 Å². The lowest BCUT2D eigenvalue weighted by Gasteiger charge is -2.36. The number of aryl methyl sites for hydroxylation is 4. The molecular weight excluding hydrogens is 332 g/mol. The third-order valence-electron chi connectivity index (χ3n) is 4.62. The van der Waals surface area contributed by atoms with Crippen molar-refractivity contribution in [2.75, 3.05) is 7.11 Å². The Balaban J connectivity index is 2.36. The van der Waals surface area contributed by atoms with Crippen LogP contribution in [0.2, 0.25) is 0 Å². The smallest absolute Gasteiger partial charge is 0.229 e. The van der Waals surface area contributed by atoms with Crippen LogP contribution in [0.1, 0.15) is 29.7 Å². The first-order valence-electron chi connectivity index (χ1n) is 8.32. The quantitative estimate of drug-likeness (QED) is 0.621. The van der Waals surface area contributed by atoms with E-state index in [0.29, 0.717) is 11.3 Å². The molecule has 1 aliphatic rings. The maximum Gasteiger partial charge on any atom is 0.229 e. The Kier molecular flexibility index (Phi) is 4.18. The van der Waals surface area contributed by atoms with Crippen molar-refractivity contribution < 1.29 is 14.3 Å². The molecule has 0 spiro atoms. The molecule has 0 saturated carbocycles. The Morgan fingerprint density at radius 2 is 1.35 bits per heavy atom. The molecule has 0 N–H and O–H groups in total. The Hall–Kier alpha value is -2.96. The standard InChI is InChI=1S/C19H22N4O3/c1-11-7-13(3)22(20-11)19(5,23-14(4)8-12(2)21-23)15-9-16(24)17(25)10-18(15)26-6/h7-10H,1-6H3. The van der Waals surface area contributed by atoms with Crippen molar-refractivity contribution in [1.29, 1.82) is 0 Å². The zero-order valence-corrected chi connectivity index (χ0v) is 15.8. The molecule has 2 heterocycles. The molecule has 0 fully saturated rings. The van der Waals surface area contributed by atoms with Gasteiger partial charge in [-0.15, -0.1) is 0 Å². The van der Waals surface area contributed by atoms with Gasteiger partial charge in [0.2, 0.25) is 11.6 Å². The van der Waals surface area contributed by atoms with Gasteiger partial charge in [-0.05, 0) is 46.8 Å². The number of nitrogens with zero attached hydrogens (tertiary/aromatic N) is 4. The summed E-state index contributed by atoms with van der Waals surface area (Å²) in [5.41, 5.74) is 3.04. The van der Waals surface area contributed by atoms with Gasteiger partial charge in [0.1, 0.15) is 5.76 Å². The van der Waals surface area contributed by atoms with Crippen molar-refractivity contribution in [2.45, 2.75) is 40.3 Å². The van der Waals surface area contributed by atoms with Crippen molar-refractivity contribution in [3.05, 3.63) is 58.4 Å². The minimum absolute atomic E-state index is 0.331. The Labute approximate surface area is 151 Å². The highest BCUT2D eigenvalue weighted by molar-refractivity contribution is 6.46. The highest BCUT2D eigenvalue weighted by Crippen LogP contribution is 2.36. The van der Waals surface area contributed by atoms with E-state index in [1.54, 1.807) is 0 Å². The van der Waals surface area contributed by atoms with Gasteiger partial charge in [-0.25, -0.2) is 9.36 Å². The second-order valence-electron chi connectivity index (χ2n) is 6.70. The van der Waals surface area contributed by atoms with E-state index in [0.717, 1.165) is 22.8 Å². The van der Waals surface area contributed by atoms with Gasteiger partial charge < -0.3 is 4.74 Å². The van der Waals surface area contributed by atoms with E-state index in [4.69, 9.17) is 4.74 Å². The number of aromatic nitrogens is 4. The van der Waals surface area contributed by atoms with Crippen molar-refractivity contribution in [2.24, 2.45) is 0 Å². The highest BCUT2D eigenvalue weighted by atomic mass is 16.5. The van der Waals surface area contributed by atoms with Crippen LogP contribution in [0.3, 0.4) is 0 Å². The molecule has 3 rings (SSSR count). The van der Waals surface area contributed by atoms with E-state index in [-0.39, 0.29) is 0 Å². The van der Waals surface area contributed by atoms with Crippen LogP contribution in [0.25, 0.3) is 0 Å². The van der Waals surface area contributed by atoms with Gasteiger partial charge in [0.15, 0.2) is 5.66 Å². The molecule has 0 unspecified atom stereocenters. The Morgan fingerprint density at radius 3 is 1.73 bits per heavy atom. The lowest BCUT2D eigenvalue weighted by atomic mass is 9.92. The number of allylic oxidation sites excluding steroid dienone is 3. The second kappa shape index (κ2) is 6.09. The molecule has 136 valence electrons. The number of carbonyl (C=O) groups excluding carboxylic acids is 2. The fraction of sp³-hybridized carbons (Fsp3) is 0.368. The number of hydrogen-bond acceptors (Lipinski definition) is 5. The number of ether oxygens (including phenoxy) is 1. The third-order valence-corrected chi connectivity index (χ3v) is 4.62. The monoisotopic (exact) mass is 354 g/mol. The number of rotatable bonds is 4. The van der Waals surface area contributed by atoms with Gasteiger partial charge >= 0.3 is 0 Å². The van der Waals surface area contributed by atoms with Crippen LogP contribution in [-0.2, 0) is 20.0 Å². The number of hydrogen-bond donors (Lipinski definition) is 0. The van der Waals surface area contributed by atoms with Crippen LogP contribution in [0.4, 0.5) is 0 Å². The van der Waals surface area contributed by atoms with E-state index in [1.807, 2.05) is 56.1 Å². The maximum absolute atomic E-state index is 12.2. The summed E-state index contributed by atoms with van der Waals surface area (Å²) >= 11 is 0. The van der Waals surface area contributed by atoms with Gasteiger partial charge in [-0.1, -0.05) is 0 Å². The lowest BCUT2D eigenvalue weighted by molar-refractivity contribution is -0.131. The average Bonchev–Trinajstić information content (AvgIpc) is 3.10. The molecule has 1 aliphatic carbocycles. The molecule has 0 radical (unpaired) electrons. The minimum atomic E-state index is -0.977. The van der Waals surface area contributed by atoms with E-state index in [2.05, 4.69) is 10.2 Å². The van der Waals surface area contributed by atoms with Gasteiger partial charge in [0.05, 0.1) is 18.5 Å². The van der Waals surface area contributed by atoms with Crippen LogP contribution in [-0.4, -0.2) is 38.2 Å². The fourth-order valence-electron chi connectivity index (χ4n) is 3.54. The summed E-state index contributed by atoms with van der Waals surface area (Å²) in [7, 11) is 1.48. The molecule has 0 aromatic carbocycles. The summed E-state index contributed by atoms with van der Waals surface area (Å²) in [6.45, 7) is 9.60. The molecule has 2 aromatic rings. The summed E-state index contributed by atoms with van der Waals surface area (Å²) in [5, 5.41) is 9.27. The van der Waals surface area contributed by atoms with E-state index in [1.165, 1.54) is 19.3 Å². The van der Waals surface area contributed by atoms with Crippen LogP contribution in [0.15, 0.2) is 35.6 Å². The predicted octanol–water partition coefficient (Wildman–Crippen LogP) is 2.14. The maximum atomic E-state index is 12.2. The van der Waals surface area contributed by atoms with Gasteiger partial charge in [-0.2, -0.15) is 10.2 Å². The summed E-state index contributed by atoms with van der Waals surface area (Å²) in [6.07, 6.45) is 2.56. The van der Waals surface area contributed by atoms with Crippen LogP contribution < -0.4 is 0 Å². The van der Waals surface area contributed by atoms with Crippen molar-refractivity contribution in [1.82, 2.24) is 19.6 Å². The normalized spacial score (nSPS) is 15.2. The molecule has 0 bridgehead atoms. The molecule has 0 saturated heterocycles. The van der Waals surface area contributed by atoms with Crippen LogP contribution in [0.5, 0.6) is 0 Å². The molecule has 0 amide bonds. The number of methoxy groups -OCH3 is 1. The minimum Gasteiger partial charge on any atom is -0.496 e. The zero-order valence-electron chi connectivity index (χ0n) is 15.8. The van der Waals surface area contributed by atoms with E-state index >= 15 is 0 Å². The summed E-state index contributed by atoms with van der Waals surface area (Å²) in [5.74, 6) is -0.859. The molecule has 2 aromatic heterocycles. The Bertz CT molecular complexity index is 929. The fourth-order valence-corrected chi connectivity index (χ4v) is 3.54. The second-order valence-corrected chi connectivity index (χ2v) is 6.70. The summed E-state index contributed by atoms with van der Waals surface area (Å²) in [4.78, 5) is 24.0. The molecular formula is C19H22N4O3. The van der Waals surface area contributed by atoms with Crippen molar-refractivity contribution in [3.8, 4) is 0 Å². The first-order valence-corrected chi connectivity index (χ1v) is 8.32. The molecule has 0 atom stereocenters. The third kappa shape index (κ3) is 2.60. The van der Waals surface area contributed by atoms with Gasteiger partial charge in [0.25, 0.3) is 0 Å². The SMILES string of the molecule is COC1=CC(=O)C(=O)C=C1C(C)(n1nc(C)cc1C)n1nc(C)cc1C. The number of carbonyl (C=O) groups is 2. The molecule has 26 heavy (non-hydrogen) atoms. The van der Waals surface area contributed by atoms with E-state index < -0.39 is 17.2 Å².